The maximum absolute atomic E-state index is 9.66. The maximum atomic E-state index is 9.66. The van der Waals surface area contributed by atoms with Crippen molar-refractivity contribution < 1.29 is 4.74 Å². The molecule has 28 heavy (non-hydrogen) atoms. The van der Waals surface area contributed by atoms with Gasteiger partial charge in [0, 0.05) is 31.2 Å². The van der Waals surface area contributed by atoms with Crippen LogP contribution >= 0.6 is 50.7 Å². The van der Waals surface area contributed by atoms with Gasteiger partial charge in [-0.2, -0.15) is 5.26 Å². The van der Waals surface area contributed by atoms with Gasteiger partial charge < -0.3 is 4.74 Å². The van der Waals surface area contributed by atoms with E-state index in [-0.39, 0.29) is 0 Å². The second kappa shape index (κ2) is 9.49. The lowest BCUT2D eigenvalue weighted by atomic mass is 10.0. The first kappa shape index (κ1) is 20.8. The zero-order chi connectivity index (χ0) is 20.1. The number of halogens is 4. The third-order valence-corrected chi connectivity index (χ3v) is 5.36. The maximum Gasteiger partial charge on any atom is 0.127 e. The van der Waals surface area contributed by atoms with Crippen molar-refractivity contribution in [2.24, 2.45) is 0 Å². The van der Waals surface area contributed by atoms with Crippen LogP contribution in [0.25, 0.3) is 11.6 Å². The van der Waals surface area contributed by atoms with E-state index in [9.17, 15) is 5.26 Å². The average molecular weight is 494 g/mol. The van der Waals surface area contributed by atoms with Crippen molar-refractivity contribution in [2.75, 3.05) is 0 Å². The standard InChI is InChI=1S/C22H13BrCl3NO/c23-17-5-8-22(28-13-14-3-1-2-4-20(14)25)15(10-17)9-16(12-27)19-7-6-18(24)11-21(19)26/h1-11H,13H2/b16-9+. The second-order valence-electron chi connectivity index (χ2n) is 5.86. The van der Waals surface area contributed by atoms with Gasteiger partial charge in [-0.15, -0.1) is 0 Å². The molecular weight excluding hydrogens is 481 g/mol. The van der Waals surface area contributed by atoms with E-state index in [1.807, 2.05) is 42.5 Å². The van der Waals surface area contributed by atoms with Gasteiger partial charge in [0.1, 0.15) is 12.4 Å². The van der Waals surface area contributed by atoms with Crippen molar-refractivity contribution in [1.82, 2.24) is 0 Å². The summed E-state index contributed by atoms with van der Waals surface area (Å²) >= 11 is 21.9. The van der Waals surface area contributed by atoms with Crippen LogP contribution in [0.15, 0.2) is 65.1 Å². The SMILES string of the molecule is N#C/C(=C\c1cc(Br)ccc1OCc1ccccc1Cl)c1ccc(Cl)cc1Cl. The van der Waals surface area contributed by atoms with Crippen LogP contribution in [0.1, 0.15) is 16.7 Å². The fourth-order valence-electron chi connectivity index (χ4n) is 2.57. The number of hydrogen-bond acceptors (Lipinski definition) is 2. The van der Waals surface area contributed by atoms with Crippen molar-refractivity contribution in [3.8, 4) is 11.8 Å². The molecule has 0 aromatic heterocycles. The van der Waals surface area contributed by atoms with Crippen LogP contribution < -0.4 is 4.74 Å². The van der Waals surface area contributed by atoms with E-state index in [0.29, 0.717) is 38.6 Å². The highest BCUT2D eigenvalue weighted by molar-refractivity contribution is 9.10. The van der Waals surface area contributed by atoms with Crippen molar-refractivity contribution >= 4 is 62.4 Å². The minimum Gasteiger partial charge on any atom is -0.488 e. The Morgan fingerprint density at radius 3 is 2.50 bits per heavy atom. The Kier molecular flexibility index (Phi) is 7.04. The fraction of sp³-hybridized carbons (Fsp3) is 0.0455. The van der Waals surface area contributed by atoms with E-state index in [2.05, 4.69) is 22.0 Å². The van der Waals surface area contributed by atoms with Gasteiger partial charge in [0.15, 0.2) is 0 Å². The Balaban J connectivity index is 1.96. The molecule has 0 bridgehead atoms. The van der Waals surface area contributed by atoms with Crippen LogP contribution in [-0.2, 0) is 6.61 Å². The Bertz CT molecular complexity index is 1090. The highest BCUT2D eigenvalue weighted by atomic mass is 79.9. The van der Waals surface area contributed by atoms with E-state index in [1.165, 1.54) is 0 Å². The lowest BCUT2D eigenvalue weighted by Crippen LogP contribution is -1.98. The summed E-state index contributed by atoms with van der Waals surface area (Å²) in [5.74, 6) is 0.626. The second-order valence-corrected chi connectivity index (χ2v) is 8.02. The lowest BCUT2D eigenvalue weighted by molar-refractivity contribution is 0.305. The normalized spacial score (nSPS) is 11.2. The van der Waals surface area contributed by atoms with E-state index >= 15 is 0 Å². The summed E-state index contributed by atoms with van der Waals surface area (Å²) in [6, 6.07) is 20.3. The lowest BCUT2D eigenvalue weighted by Gasteiger charge is -2.12. The van der Waals surface area contributed by atoms with Crippen LogP contribution in [0.2, 0.25) is 15.1 Å². The van der Waals surface area contributed by atoms with Crippen LogP contribution in [0.5, 0.6) is 5.75 Å². The third-order valence-electron chi connectivity index (χ3n) is 3.95. The monoisotopic (exact) mass is 491 g/mol. The number of allylic oxidation sites excluding steroid dienone is 1. The molecule has 3 aromatic carbocycles. The molecule has 0 unspecified atom stereocenters. The molecule has 0 saturated carbocycles. The Morgan fingerprint density at radius 1 is 1.00 bits per heavy atom. The fourth-order valence-corrected chi connectivity index (χ4v) is 3.65. The number of benzene rings is 3. The van der Waals surface area contributed by atoms with Crippen LogP contribution in [0.3, 0.4) is 0 Å². The zero-order valence-electron chi connectivity index (χ0n) is 14.4. The van der Waals surface area contributed by atoms with E-state index in [4.69, 9.17) is 39.5 Å². The largest absolute Gasteiger partial charge is 0.488 e. The molecule has 0 N–H and O–H groups in total. The van der Waals surface area contributed by atoms with Gasteiger partial charge in [0.2, 0.25) is 0 Å². The van der Waals surface area contributed by atoms with E-state index in [0.717, 1.165) is 15.6 Å². The predicted molar refractivity (Wildman–Crippen MR) is 120 cm³/mol. The predicted octanol–water partition coefficient (Wildman–Crippen LogP) is 8.05. The molecule has 0 aliphatic carbocycles. The molecule has 0 saturated heterocycles. The van der Waals surface area contributed by atoms with Crippen molar-refractivity contribution in [3.05, 3.63) is 96.9 Å². The smallest absolute Gasteiger partial charge is 0.127 e. The summed E-state index contributed by atoms with van der Waals surface area (Å²) < 4.78 is 6.84. The van der Waals surface area contributed by atoms with Gasteiger partial charge in [-0.25, -0.2) is 0 Å². The first-order valence-electron chi connectivity index (χ1n) is 8.21. The molecule has 0 atom stereocenters. The van der Waals surface area contributed by atoms with Crippen molar-refractivity contribution in [3.63, 3.8) is 0 Å². The molecule has 0 fully saturated rings. The number of ether oxygens (including phenoxy) is 1. The topological polar surface area (TPSA) is 33.0 Å². The van der Waals surface area contributed by atoms with Gasteiger partial charge in [-0.05, 0) is 42.5 Å². The molecule has 0 radical (unpaired) electrons. The van der Waals surface area contributed by atoms with Crippen molar-refractivity contribution in [2.45, 2.75) is 6.61 Å². The van der Waals surface area contributed by atoms with Crippen molar-refractivity contribution in [1.29, 1.82) is 5.26 Å². The minimum absolute atomic E-state index is 0.311. The molecule has 6 heteroatoms. The molecule has 0 heterocycles. The molecule has 0 aliphatic heterocycles. The number of nitriles is 1. The summed E-state index contributed by atoms with van der Waals surface area (Å²) in [6.45, 7) is 0.311. The Hall–Kier alpha value is -1.96. The molecule has 3 aromatic rings. The molecule has 2 nitrogen and oxygen atoms in total. The first-order chi connectivity index (χ1) is 13.5. The van der Waals surface area contributed by atoms with Crippen LogP contribution in [0.4, 0.5) is 0 Å². The molecule has 140 valence electrons. The molecule has 0 amide bonds. The molecular formula is C22H13BrCl3NO. The van der Waals surface area contributed by atoms with E-state index < -0.39 is 0 Å². The van der Waals surface area contributed by atoms with Gasteiger partial charge in [-0.1, -0.05) is 75.0 Å². The van der Waals surface area contributed by atoms with Crippen LogP contribution in [0, 0.1) is 11.3 Å². The van der Waals surface area contributed by atoms with Gasteiger partial charge in [0.05, 0.1) is 16.7 Å². The quantitative estimate of drug-likeness (QED) is 0.266. The summed E-state index contributed by atoms with van der Waals surface area (Å²) in [5, 5.41) is 11.2. The Labute approximate surface area is 187 Å². The van der Waals surface area contributed by atoms with Gasteiger partial charge in [-0.3, -0.25) is 0 Å². The van der Waals surface area contributed by atoms with Gasteiger partial charge in [0.25, 0.3) is 0 Å². The third kappa shape index (κ3) is 5.10. The number of nitrogens with zero attached hydrogens (tertiary/aromatic N) is 1. The number of hydrogen-bond donors (Lipinski definition) is 0. The summed E-state index contributed by atoms with van der Waals surface area (Å²) in [6.07, 6.45) is 1.74. The molecule has 3 rings (SSSR count). The van der Waals surface area contributed by atoms with E-state index in [1.54, 1.807) is 24.3 Å². The van der Waals surface area contributed by atoms with Crippen LogP contribution in [-0.4, -0.2) is 0 Å². The van der Waals surface area contributed by atoms with Gasteiger partial charge >= 0.3 is 0 Å². The highest BCUT2D eigenvalue weighted by Gasteiger charge is 2.10. The summed E-state index contributed by atoms with van der Waals surface area (Å²) in [7, 11) is 0. The molecule has 0 aliphatic rings. The summed E-state index contributed by atoms with van der Waals surface area (Å²) in [4.78, 5) is 0. The molecule has 0 spiro atoms. The Morgan fingerprint density at radius 2 is 1.79 bits per heavy atom. The summed E-state index contributed by atoms with van der Waals surface area (Å²) in [5.41, 5.74) is 2.63. The minimum atomic E-state index is 0.311. The average Bonchev–Trinajstić information content (AvgIpc) is 2.67. The highest BCUT2D eigenvalue weighted by Crippen LogP contribution is 2.32. The number of rotatable bonds is 5. The first-order valence-corrected chi connectivity index (χ1v) is 10.1. The zero-order valence-corrected chi connectivity index (χ0v) is 18.3.